The van der Waals surface area contributed by atoms with Gasteiger partial charge in [-0.2, -0.15) is 9.57 Å². The molecule has 2 aromatic carbocycles. The molecule has 0 bridgehead atoms. The van der Waals surface area contributed by atoms with Gasteiger partial charge in [0.05, 0.1) is 11.6 Å². The van der Waals surface area contributed by atoms with E-state index in [2.05, 4.69) is 0 Å². The number of carbonyl (C=O) groups excluding carboxylic acids is 1. The average Bonchev–Trinajstić information content (AvgIpc) is 2.67. The zero-order chi connectivity index (χ0) is 19.6. The molecule has 2 aromatic rings. The predicted molar refractivity (Wildman–Crippen MR) is 92.2 cm³/mol. The van der Waals surface area contributed by atoms with Gasteiger partial charge in [0.1, 0.15) is 11.6 Å². The smallest absolute Gasteiger partial charge is 0.253 e. The Bertz CT molecular complexity index is 989. The minimum Gasteiger partial charge on any atom is -0.336 e. The summed E-state index contributed by atoms with van der Waals surface area (Å²) in [5.41, 5.74) is 0.805. The molecule has 140 valence electrons. The normalized spacial score (nSPS) is 15.4. The van der Waals surface area contributed by atoms with E-state index in [4.69, 9.17) is 5.26 Å². The lowest BCUT2D eigenvalue weighted by molar-refractivity contribution is 0.0697. The first-order valence-electron chi connectivity index (χ1n) is 8.08. The minimum absolute atomic E-state index is 0.0713. The molecule has 0 atom stereocenters. The Kier molecular flexibility index (Phi) is 5.21. The molecule has 0 unspecified atom stereocenters. The number of benzene rings is 2. The van der Waals surface area contributed by atoms with Gasteiger partial charge in [-0.15, -0.1) is 0 Å². The molecule has 0 radical (unpaired) electrons. The van der Waals surface area contributed by atoms with E-state index in [0.29, 0.717) is 11.1 Å². The van der Waals surface area contributed by atoms with Gasteiger partial charge >= 0.3 is 0 Å². The summed E-state index contributed by atoms with van der Waals surface area (Å²) in [6, 6.07) is 10.9. The number of sulfonamides is 1. The molecule has 9 heteroatoms. The van der Waals surface area contributed by atoms with Crippen LogP contribution in [0.1, 0.15) is 15.9 Å². The van der Waals surface area contributed by atoms with Crippen molar-refractivity contribution in [3.8, 4) is 6.07 Å². The van der Waals surface area contributed by atoms with E-state index in [-0.39, 0.29) is 32.1 Å². The molecule has 0 spiro atoms. The third-order valence-corrected chi connectivity index (χ3v) is 6.25. The molecule has 1 aliphatic rings. The van der Waals surface area contributed by atoms with Gasteiger partial charge in [-0.3, -0.25) is 4.79 Å². The summed E-state index contributed by atoms with van der Waals surface area (Å²) < 4.78 is 53.8. The van der Waals surface area contributed by atoms with E-state index >= 15 is 0 Å². The summed E-state index contributed by atoms with van der Waals surface area (Å²) in [5, 5.41) is 8.79. The van der Waals surface area contributed by atoms with Crippen molar-refractivity contribution in [1.29, 1.82) is 5.26 Å². The Hall–Kier alpha value is -2.83. The fourth-order valence-electron chi connectivity index (χ4n) is 2.86. The largest absolute Gasteiger partial charge is 0.336 e. The summed E-state index contributed by atoms with van der Waals surface area (Å²) in [6.07, 6.45) is 0. The topological polar surface area (TPSA) is 81.5 Å². The second-order valence-electron chi connectivity index (χ2n) is 5.94. The molecule has 1 saturated heterocycles. The Balaban J connectivity index is 1.73. The Labute approximate surface area is 155 Å². The SMILES string of the molecule is N#Cc1ccc(C(=O)N2CCN(S(=O)(=O)c3c(F)cccc3F)CC2)cc1. The fourth-order valence-corrected chi connectivity index (χ4v) is 4.39. The third-order valence-electron chi connectivity index (χ3n) is 4.30. The van der Waals surface area contributed by atoms with Crippen LogP contribution in [0, 0.1) is 23.0 Å². The lowest BCUT2D eigenvalue weighted by Gasteiger charge is -2.34. The highest BCUT2D eigenvalue weighted by Gasteiger charge is 2.34. The quantitative estimate of drug-likeness (QED) is 0.801. The summed E-state index contributed by atoms with van der Waals surface area (Å²) in [4.78, 5) is 13.0. The Morgan fingerprint density at radius 2 is 1.52 bits per heavy atom. The summed E-state index contributed by atoms with van der Waals surface area (Å²) in [7, 11) is -4.34. The van der Waals surface area contributed by atoms with Crippen molar-refractivity contribution in [3.05, 3.63) is 65.2 Å². The van der Waals surface area contributed by atoms with Crippen molar-refractivity contribution in [2.45, 2.75) is 4.90 Å². The summed E-state index contributed by atoms with van der Waals surface area (Å²) in [5.74, 6) is -2.59. The number of nitriles is 1. The number of piperazine rings is 1. The Morgan fingerprint density at radius 3 is 2.04 bits per heavy atom. The highest BCUT2D eigenvalue weighted by molar-refractivity contribution is 7.89. The first kappa shape index (κ1) is 18.9. The number of rotatable bonds is 3. The van der Waals surface area contributed by atoms with Gasteiger partial charge in [-0.1, -0.05) is 6.07 Å². The predicted octanol–water partition coefficient (Wildman–Crippen LogP) is 1.98. The van der Waals surface area contributed by atoms with Crippen LogP contribution in [0.5, 0.6) is 0 Å². The number of hydrogen-bond acceptors (Lipinski definition) is 4. The molecular formula is C18H15F2N3O3S. The Morgan fingerprint density at radius 1 is 0.963 bits per heavy atom. The molecule has 27 heavy (non-hydrogen) atoms. The highest BCUT2D eigenvalue weighted by Crippen LogP contribution is 2.24. The van der Waals surface area contributed by atoms with Gasteiger partial charge in [-0.05, 0) is 36.4 Å². The van der Waals surface area contributed by atoms with Crippen LogP contribution in [0.3, 0.4) is 0 Å². The standard InChI is InChI=1S/C18H15F2N3O3S/c19-15-2-1-3-16(20)17(15)27(25,26)23-10-8-22(9-11-23)18(24)14-6-4-13(12-21)5-7-14/h1-7H,8-11H2. The maximum atomic E-state index is 13.9. The molecule has 0 aliphatic carbocycles. The van der Waals surface area contributed by atoms with Crippen molar-refractivity contribution in [2.75, 3.05) is 26.2 Å². The molecule has 1 fully saturated rings. The first-order chi connectivity index (χ1) is 12.8. The number of amides is 1. The zero-order valence-corrected chi connectivity index (χ0v) is 14.9. The average molecular weight is 391 g/mol. The lowest BCUT2D eigenvalue weighted by atomic mass is 10.1. The van der Waals surface area contributed by atoms with Crippen LogP contribution in [0.15, 0.2) is 47.4 Å². The molecule has 1 amide bonds. The zero-order valence-electron chi connectivity index (χ0n) is 14.1. The van der Waals surface area contributed by atoms with Crippen molar-refractivity contribution in [2.24, 2.45) is 0 Å². The second kappa shape index (κ2) is 7.42. The van der Waals surface area contributed by atoms with Gasteiger partial charge < -0.3 is 4.90 Å². The van der Waals surface area contributed by atoms with Gasteiger partial charge in [-0.25, -0.2) is 17.2 Å². The molecular weight excluding hydrogens is 376 g/mol. The minimum atomic E-state index is -4.34. The monoisotopic (exact) mass is 391 g/mol. The van der Waals surface area contributed by atoms with Crippen LogP contribution in [-0.2, 0) is 10.0 Å². The van der Waals surface area contributed by atoms with E-state index in [0.717, 1.165) is 22.5 Å². The molecule has 0 N–H and O–H groups in total. The van der Waals surface area contributed by atoms with E-state index < -0.39 is 26.6 Å². The third kappa shape index (κ3) is 3.67. The molecule has 3 rings (SSSR count). The molecule has 1 heterocycles. The van der Waals surface area contributed by atoms with Crippen LogP contribution in [0.2, 0.25) is 0 Å². The van der Waals surface area contributed by atoms with Crippen LogP contribution < -0.4 is 0 Å². The van der Waals surface area contributed by atoms with Gasteiger partial charge in [0.15, 0.2) is 4.90 Å². The van der Waals surface area contributed by atoms with Crippen LogP contribution in [0.25, 0.3) is 0 Å². The maximum absolute atomic E-state index is 13.9. The van der Waals surface area contributed by atoms with E-state index in [1.54, 1.807) is 0 Å². The molecule has 0 aromatic heterocycles. The van der Waals surface area contributed by atoms with E-state index in [1.165, 1.54) is 29.2 Å². The second-order valence-corrected chi connectivity index (χ2v) is 7.81. The molecule has 1 aliphatic heterocycles. The fraction of sp³-hybridized carbons (Fsp3) is 0.222. The number of nitrogens with zero attached hydrogens (tertiary/aromatic N) is 3. The van der Waals surface area contributed by atoms with Crippen LogP contribution >= 0.6 is 0 Å². The van der Waals surface area contributed by atoms with Gasteiger partial charge in [0, 0.05) is 31.7 Å². The lowest BCUT2D eigenvalue weighted by Crippen LogP contribution is -2.50. The van der Waals surface area contributed by atoms with Gasteiger partial charge in [0.2, 0.25) is 10.0 Å². The van der Waals surface area contributed by atoms with Crippen molar-refractivity contribution in [1.82, 2.24) is 9.21 Å². The van der Waals surface area contributed by atoms with Crippen LogP contribution in [0.4, 0.5) is 8.78 Å². The van der Waals surface area contributed by atoms with E-state index in [9.17, 15) is 22.0 Å². The number of hydrogen-bond donors (Lipinski definition) is 0. The number of carbonyl (C=O) groups is 1. The molecule has 6 nitrogen and oxygen atoms in total. The van der Waals surface area contributed by atoms with Crippen molar-refractivity contribution in [3.63, 3.8) is 0 Å². The summed E-state index contributed by atoms with van der Waals surface area (Å²) in [6.45, 7) is 0.0402. The summed E-state index contributed by atoms with van der Waals surface area (Å²) >= 11 is 0. The maximum Gasteiger partial charge on any atom is 0.253 e. The van der Waals surface area contributed by atoms with E-state index in [1.807, 2.05) is 6.07 Å². The van der Waals surface area contributed by atoms with Gasteiger partial charge in [0.25, 0.3) is 5.91 Å². The van der Waals surface area contributed by atoms with Crippen molar-refractivity contribution < 1.29 is 22.0 Å². The molecule has 0 saturated carbocycles. The van der Waals surface area contributed by atoms with Crippen molar-refractivity contribution >= 4 is 15.9 Å². The van der Waals surface area contributed by atoms with Crippen LogP contribution in [-0.4, -0.2) is 49.7 Å². The first-order valence-corrected chi connectivity index (χ1v) is 9.52. The highest BCUT2D eigenvalue weighted by atomic mass is 32.2. The number of halogens is 2.